The first-order valence-electron chi connectivity index (χ1n) is 6.12. The molecular weight excluding hydrogens is 280 g/mol. The number of nitro groups is 1. The second-order valence-electron chi connectivity index (χ2n) is 4.34. The molecule has 1 aromatic carbocycles. The van der Waals surface area contributed by atoms with Crippen molar-refractivity contribution >= 4 is 17.6 Å². The Morgan fingerprint density at radius 1 is 1.43 bits per heavy atom. The summed E-state index contributed by atoms with van der Waals surface area (Å²) in [7, 11) is 1.42. The highest BCUT2D eigenvalue weighted by atomic mass is 16.6. The highest BCUT2D eigenvalue weighted by molar-refractivity contribution is 6.00. The first-order valence-corrected chi connectivity index (χ1v) is 6.12. The minimum absolute atomic E-state index is 0.0348. The molecule has 0 bridgehead atoms. The van der Waals surface area contributed by atoms with Crippen LogP contribution in [0, 0.1) is 17.0 Å². The number of amides is 1. The number of aliphatic carboxylic acids is 1. The van der Waals surface area contributed by atoms with E-state index in [2.05, 4.69) is 0 Å². The van der Waals surface area contributed by atoms with Gasteiger partial charge in [0.05, 0.1) is 11.5 Å². The monoisotopic (exact) mass is 296 g/mol. The molecule has 8 nitrogen and oxygen atoms in total. The molecule has 0 aromatic heterocycles. The third-order valence-electron chi connectivity index (χ3n) is 2.84. The number of carboxylic acid groups (broad SMARTS) is 1. The maximum atomic E-state index is 12.4. The number of aryl methyl sites for hydroxylation is 1. The fraction of sp³-hybridized carbons (Fsp3) is 0.385. The average molecular weight is 296 g/mol. The van der Waals surface area contributed by atoms with Crippen LogP contribution in [0.5, 0.6) is 0 Å². The fourth-order valence-electron chi connectivity index (χ4n) is 1.86. The van der Waals surface area contributed by atoms with Gasteiger partial charge < -0.3 is 14.7 Å². The van der Waals surface area contributed by atoms with Gasteiger partial charge in [-0.15, -0.1) is 0 Å². The van der Waals surface area contributed by atoms with Crippen molar-refractivity contribution in [2.45, 2.75) is 6.92 Å². The van der Waals surface area contributed by atoms with Crippen LogP contribution in [0.2, 0.25) is 0 Å². The zero-order chi connectivity index (χ0) is 16.0. The Morgan fingerprint density at radius 2 is 2.10 bits per heavy atom. The van der Waals surface area contributed by atoms with E-state index in [0.29, 0.717) is 5.56 Å². The fourth-order valence-corrected chi connectivity index (χ4v) is 1.86. The topological polar surface area (TPSA) is 110 Å². The van der Waals surface area contributed by atoms with Crippen LogP contribution in [-0.2, 0) is 9.53 Å². The lowest BCUT2D eigenvalue weighted by atomic mass is 10.1. The molecule has 1 N–H and O–H groups in total. The summed E-state index contributed by atoms with van der Waals surface area (Å²) in [6, 6.07) is 4.26. The van der Waals surface area contributed by atoms with Gasteiger partial charge >= 0.3 is 5.97 Å². The first-order chi connectivity index (χ1) is 9.88. The molecule has 0 atom stereocenters. The summed E-state index contributed by atoms with van der Waals surface area (Å²) in [6.45, 7) is 1.19. The van der Waals surface area contributed by atoms with Crippen LogP contribution in [-0.4, -0.2) is 53.6 Å². The molecule has 0 unspecified atom stereocenters. The van der Waals surface area contributed by atoms with Crippen LogP contribution in [0.25, 0.3) is 0 Å². The molecular formula is C13H16N2O6. The van der Waals surface area contributed by atoms with E-state index < -0.39 is 23.3 Å². The van der Waals surface area contributed by atoms with E-state index in [1.165, 1.54) is 19.2 Å². The van der Waals surface area contributed by atoms with Crippen LogP contribution >= 0.6 is 0 Å². The first kappa shape index (κ1) is 16.6. The zero-order valence-electron chi connectivity index (χ0n) is 11.7. The average Bonchev–Trinajstić information content (AvgIpc) is 2.41. The van der Waals surface area contributed by atoms with E-state index in [9.17, 15) is 19.7 Å². The molecule has 0 spiro atoms. The van der Waals surface area contributed by atoms with E-state index >= 15 is 0 Å². The van der Waals surface area contributed by atoms with Gasteiger partial charge in [0, 0.05) is 19.7 Å². The Bertz CT molecular complexity index is 558. The standard InChI is InChI=1S/C13H16N2O6/c1-9-4-3-5-10(15(19)20)12(9)13(18)14(6-7-21-2)8-11(16)17/h3-5H,6-8H2,1-2H3,(H,16,17). The number of carbonyl (C=O) groups is 2. The van der Waals surface area contributed by atoms with Gasteiger partial charge in [0.1, 0.15) is 12.1 Å². The minimum Gasteiger partial charge on any atom is -0.480 e. The molecule has 114 valence electrons. The molecule has 0 saturated heterocycles. The number of methoxy groups -OCH3 is 1. The summed E-state index contributed by atoms with van der Waals surface area (Å²) < 4.78 is 4.83. The van der Waals surface area contributed by atoms with Gasteiger partial charge in [-0.25, -0.2) is 0 Å². The van der Waals surface area contributed by atoms with Crippen LogP contribution in [0.3, 0.4) is 0 Å². The van der Waals surface area contributed by atoms with E-state index in [1.54, 1.807) is 13.0 Å². The largest absolute Gasteiger partial charge is 0.480 e. The van der Waals surface area contributed by atoms with E-state index in [-0.39, 0.29) is 24.4 Å². The maximum absolute atomic E-state index is 12.4. The van der Waals surface area contributed by atoms with E-state index in [4.69, 9.17) is 9.84 Å². The highest BCUT2D eigenvalue weighted by Gasteiger charge is 2.27. The van der Waals surface area contributed by atoms with Crippen molar-refractivity contribution < 1.29 is 24.4 Å². The Labute approximate surface area is 121 Å². The quantitative estimate of drug-likeness (QED) is 0.595. The molecule has 0 heterocycles. The number of rotatable bonds is 7. The van der Waals surface area contributed by atoms with Gasteiger partial charge in [0.15, 0.2) is 0 Å². The molecule has 0 saturated carbocycles. The summed E-state index contributed by atoms with van der Waals surface area (Å²) >= 11 is 0. The maximum Gasteiger partial charge on any atom is 0.323 e. The predicted octanol–water partition coefficient (Wildman–Crippen LogP) is 1.08. The molecule has 0 aliphatic carbocycles. The van der Waals surface area contributed by atoms with Gasteiger partial charge in [-0.1, -0.05) is 12.1 Å². The van der Waals surface area contributed by atoms with E-state index in [1.807, 2.05) is 0 Å². The SMILES string of the molecule is COCCN(CC(=O)O)C(=O)c1c(C)cccc1[N+](=O)[O-]. The molecule has 8 heteroatoms. The number of ether oxygens (including phenoxy) is 1. The Kier molecular flexibility index (Phi) is 5.79. The van der Waals surface area contributed by atoms with Crippen molar-refractivity contribution in [1.82, 2.24) is 4.90 Å². The lowest BCUT2D eigenvalue weighted by Crippen LogP contribution is -2.38. The van der Waals surface area contributed by atoms with Crippen molar-refractivity contribution in [3.05, 3.63) is 39.4 Å². The molecule has 0 radical (unpaired) electrons. The lowest BCUT2D eigenvalue weighted by Gasteiger charge is -2.21. The molecule has 21 heavy (non-hydrogen) atoms. The van der Waals surface area contributed by atoms with E-state index in [0.717, 1.165) is 4.90 Å². The van der Waals surface area contributed by atoms with Gasteiger partial charge in [0.2, 0.25) is 0 Å². The Balaban J connectivity index is 3.19. The summed E-state index contributed by atoms with van der Waals surface area (Å²) in [5.41, 5.74) is -0.0188. The van der Waals surface area contributed by atoms with Crippen molar-refractivity contribution in [1.29, 1.82) is 0 Å². The third kappa shape index (κ3) is 4.25. The number of carboxylic acids is 1. The second-order valence-corrected chi connectivity index (χ2v) is 4.34. The number of carbonyl (C=O) groups excluding carboxylic acids is 1. The number of benzene rings is 1. The summed E-state index contributed by atoms with van der Waals surface area (Å²) in [4.78, 5) is 34.7. The second kappa shape index (κ2) is 7.34. The van der Waals surface area contributed by atoms with Crippen LogP contribution < -0.4 is 0 Å². The summed E-state index contributed by atoms with van der Waals surface area (Å²) in [6.07, 6.45) is 0. The predicted molar refractivity (Wildman–Crippen MR) is 73.2 cm³/mol. The van der Waals surface area contributed by atoms with Crippen molar-refractivity contribution in [2.75, 3.05) is 26.8 Å². The van der Waals surface area contributed by atoms with Crippen molar-refractivity contribution in [3.8, 4) is 0 Å². The van der Waals surface area contributed by atoms with Crippen LogP contribution in [0.1, 0.15) is 15.9 Å². The number of hydrogen-bond acceptors (Lipinski definition) is 5. The lowest BCUT2D eigenvalue weighted by molar-refractivity contribution is -0.385. The highest BCUT2D eigenvalue weighted by Crippen LogP contribution is 2.23. The molecule has 0 aliphatic rings. The van der Waals surface area contributed by atoms with Gasteiger partial charge in [-0.2, -0.15) is 0 Å². The van der Waals surface area contributed by atoms with Gasteiger partial charge in [-0.3, -0.25) is 19.7 Å². The zero-order valence-corrected chi connectivity index (χ0v) is 11.7. The minimum atomic E-state index is -1.20. The molecule has 0 fully saturated rings. The van der Waals surface area contributed by atoms with Crippen LogP contribution in [0.15, 0.2) is 18.2 Å². The molecule has 1 aromatic rings. The summed E-state index contributed by atoms with van der Waals surface area (Å²) in [5.74, 6) is -1.89. The number of hydrogen-bond donors (Lipinski definition) is 1. The molecule has 1 rings (SSSR count). The molecule has 1 amide bonds. The Morgan fingerprint density at radius 3 is 2.62 bits per heavy atom. The van der Waals surface area contributed by atoms with Crippen molar-refractivity contribution in [3.63, 3.8) is 0 Å². The van der Waals surface area contributed by atoms with Crippen LogP contribution in [0.4, 0.5) is 5.69 Å². The summed E-state index contributed by atoms with van der Waals surface area (Å²) in [5, 5.41) is 19.9. The Hall–Kier alpha value is -2.48. The normalized spacial score (nSPS) is 10.2. The smallest absolute Gasteiger partial charge is 0.323 e. The van der Waals surface area contributed by atoms with Crippen molar-refractivity contribution in [2.24, 2.45) is 0 Å². The van der Waals surface area contributed by atoms with Gasteiger partial charge in [0.25, 0.3) is 11.6 Å². The third-order valence-corrected chi connectivity index (χ3v) is 2.84. The molecule has 0 aliphatic heterocycles. The van der Waals surface area contributed by atoms with Gasteiger partial charge in [-0.05, 0) is 12.5 Å². The number of nitro benzene ring substituents is 1. The number of nitrogens with zero attached hydrogens (tertiary/aromatic N) is 2.